The molecule has 2 aliphatic rings. The molecule has 1 fully saturated rings. The van der Waals surface area contributed by atoms with Crippen LogP contribution < -0.4 is 5.32 Å². The van der Waals surface area contributed by atoms with Gasteiger partial charge in [0.2, 0.25) is 5.91 Å². The van der Waals surface area contributed by atoms with Crippen LogP contribution >= 0.6 is 0 Å². The average Bonchev–Trinajstić information content (AvgIpc) is 2.99. The van der Waals surface area contributed by atoms with Crippen molar-refractivity contribution in [2.45, 2.75) is 19.3 Å². The Balaban J connectivity index is 1.52. The van der Waals surface area contributed by atoms with Gasteiger partial charge in [-0.05, 0) is 30.9 Å². The maximum absolute atomic E-state index is 12.7. The van der Waals surface area contributed by atoms with Crippen LogP contribution in [-0.2, 0) is 11.8 Å². The van der Waals surface area contributed by atoms with Crippen molar-refractivity contribution in [2.24, 2.45) is 13.0 Å². The molecule has 1 aromatic heterocycles. The molecule has 1 aliphatic carbocycles. The molecule has 0 bridgehead atoms. The number of hydrogen-bond acceptors (Lipinski definition) is 2. The Hall–Kier alpha value is -2.07. The predicted octanol–water partition coefficient (Wildman–Crippen LogP) is 2.79. The monoisotopic (exact) mass is 323 g/mol. The Kier molecular flexibility index (Phi) is 4.15. The van der Waals surface area contributed by atoms with Crippen molar-refractivity contribution in [3.8, 4) is 0 Å². The number of piperazine rings is 1. The zero-order chi connectivity index (χ0) is 16.5. The first-order chi connectivity index (χ1) is 11.7. The zero-order valence-electron chi connectivity index (χ0n) is 14.3. The standard InChI is InChI=1S/C20H25N3O/c1-22-14-18(17-4-2-3-5-19(17)22)15-6-8-16(9-7-15)20(24)23-12-10-21-11-13-23/h2-6,14,16,21H,7-13H2,1H3. The van der Waals surface area contributed by atoms with Gasteiger partial charge in [0.1, 0.15) is 0 Å². The predicted molar refractivity (Wildman–Crippen MR) is 97.7 cm³/mol. The molecule has 1 unspecified atom stereocenters. The Morgan fingerprint density at radius 1 is 1.21 bits per heavy atom. The summed E-state index contributed by atoms with van der Waals surface area (Å²) in [4.78, 5) is 14.7. The Labute approximate surface area is 143 Å². The van der Waals surface area contributed by atoms with Crippen LogP contribution in [0.5, 0.6) is 0 Å². The van der Waals surface area contributed by atoms with Crippen molar-refractivity contribution in [2.75, 3.05) is 26.2 Å². The van der Waals surface area contributed by atoms with Gasteiger partial charge >= 0.3 is 0 Å². The number of para-hydroxylation sites is 1. The van der Waals surface area contributed by atoms with Crippen molar-refractivity contribution in [1.82, 2.24) is 14.8 Å². The van der Waals surface area contributed by atoms with E-state index in [9.17, 15) is 4.79 Å². The average molecular weight is 323 g/mol. The fourth-order valence-corrected chi connectivity index (χ4v) is 4.04. The highest BCUT2D eigenvalue weighted by atomic mass is 16.2. The van der Waals surface area contributed by atoms with Crippen molar-refractivity contribution >= 4 is 22.4 Å². The number of amides is 1. The van der Waals surface area contributed by atoms with E-state index in [1.54, 1.807) is 0 Å². The van der Waals surface area contributed by atoms with E-state index < -0.39 is 0 Å². The number of aryl methyl sites for hydroxylation is 1. The number of fused-ring (bicyclic) bond motifs is 1. The molecule has 0 radical (unpaired) electrons. The minimum Gasteiger partial charge on any atom is -0.350 e. The summed E-state index contributed by atoms with van der Waals surface area (Å²) in [5.41, 5.74) is 4.00. The van der Waals surface area contributed by atoms with Crippen molar-refractivity contribution in [1.29, 1.82) is 0 Å². The second-order valence-corrected chi connectivity index (χ2v) is 6.95. The summed E-state index contributed by atoms with van der Waals surface area (Å²) in [6, 6.07) is 8.55. The molecule has 0 spiro atoms. The molecular weight excluding hydrogens is 298 g/mol. The summed E-state index contributed by atoms with van der Waals surface area (Å²) >= 11 is 0. The van der Waals surface area contributed by atoms with E-state index in [-0.39, 0.29) is 5.92 Å². The van der Waals surface area contributed by atoms with Crippen LogP contribution in [0, 0.1) is 5.92 Å². The number of hydrogen-bond donors (Lipinski definition) is 1. The molecule has 1 aliphatic heterocycles. The zero-order valence-corrected chi connectivity index (χ0v) is 14.3. The number of nitrogens with one attached hydrogen (secondary N) is 1. The van der Waals surface area contributed by atoms with Gasteiger partial charge in [-0.2, -0.15) is 0 Å². The van der Waals surface area contributed by atoms with Gasteiger partial charge in [-0.3, -0.25) is 4.79 Å². The Morgan fingerprint density at radius 3 is 2.75 bits per heavy atom. The van der Waals surface area contributed by atoms with E-state index >= 15 is 0 Å². The highest BCUT2D eigenvalue weighted by Gasteiger charge is 2.27. The van der Waals surface area contributed by atoms with Gasteiger partial charge in [-0.15, -0.1) is 0 Å². The SMILES string of the molecule is Cn1cc(C2=CCC(C(=O)N3CCNCC3)CC2)c2ccccc21. The summed E-state index contributed by atoms with van der Waals surface area (Å²) in [6.45, 7) is 3.57. The van der Waals surface area contributed by atoms with Crippen LogP contribution in [-0.4, -0.2) is 41.6 Å². The number of carbonyl (C=O) groups excluding carboxylic acids is 1. The first-order valence-electron chi connectivity index (χ1n) is 8.97. The molecule has 1 atom stereocenters. The highest BCUT2D eigenvalue weighted by molar-refractivity contribution is 5.93. The largest absolute Gasteiger partial charge is 0.350 e. The van der Waals surface area contributed by atoms with Gasteiger partial charge < -0.3 is 14.8 Å². The minimum atomic E-state index is 0.168. The van der Waals surface area contributed by atoms with Crippen molar-refractivity contribution < 1.29 is 4.79 Å². The lowest BCUT2D eigenvalue weighted by Crippen LogP contribution is -2.48. The third-order valence-corrected chi connectivity index (χ3v) is 5.43. The number of aromatic nitrogens is 1. The second kappa shape index (κ2) is 6.44. The molecular formula is C20H25N3O. The summed E-state index contributed by atoms with van der Waals surface area (Å²) < 4.78 is 2.20. The lowest BCUT2D eigenvalue weighted by molar-refractivity contribution is -0.136. The molecule has 4 heteroatoms. The van der Waals surface area contributed by atoms with E-state index in [2.05, 4.69) is 53.5 Å². The van der Waals surface area contributed by atoms with E-state index in [1.807, 2.05) is 4.90 Å². The van der Waals surface area contributed by atoms with Crippen LogP contribution in [0.3, 0.4) is 0 Å². The molecule has 1 N–H and O–H groups in total. The molecule has 2 aromatic rings. The van der Waals surface area contributed by atoms with E-state index in [0.717, 1.165) is 45.4 Å². The lowest BCUT2D eigenvalue weighted by Gasteiger charge is -2.32. The maximum Gasteiger partial charge on any atom is 0.226 e. The first-order valence-corrected chi connectivity index (χ1v) is 8.97. The molecule has 4 nitrogen and oxygen atoms in total. The third-order valence-electron chi connectivity index (χ3n) is 5.43. The maximum atomic E-state index is 12.7. The van der Waals surface area contributed by atoms with E-state index in [1.165, 1.54) is 22.0 Å². The smallest absolute Gasteiger partial charge is 0.226 e. The number of nitrogens with zero attached hydrogens (tertiary/aromatic N) is 2. The van der Waals surface area contributed by atoms with Gasteiger partial charge in [-0.25, -0.2) is 0 Å². The lowest BCUT2D eigenvalue weighted by atomic mass is 9.85. The van der Waals surface area contributed by atoms with Crippen LogP contribution in [0.2, 0.25) is 0 Å². The second-order valence-electron chi connectivity index (χ2n) is 6.95. The number of benzene rings is 1. The fraction of sp³-hybridized carbons (Fsp3) is 0.450. The summed E-state index contributed by atoms with van der Waals surface area (Å²) in [6.07, 6.45) is 7.38. The molecule has 0 saturated carbocycles. The third kappa shape index (κ3) is 2.75. The topological polar surface area (TPSA) is 37.3 Å². The Morgan fingerprint density at radius 2 is 2.00 bits per heavy atom. The molecule has 24 heavy (non-hydrogen) atoms. The Bertz CT molecular complexity index is 783. The first kappa shape index (κ1) is 15.5. The molecule has 1 amide bonds. The fourth-order valence-electron chi connectivity index (χ4n) is 4.04. The summed E-state index contributed by atoms with van der Waals surface area (Å²) in [5.74, 6) is 0.520. The summed E-state index contributed by atoms with van der Waals surface area (Å²) in [7, 11) is 2.10. The quantitative estimate of drug-likeness (QED) is 0.923. The van der Waals surface area contributed by atoms with Gasteiger partial charge in [0.25, 0.3) is 0 Å². The highest BCUT2D eigenvalue weighted by Crippen LogP contribution is 2.35. The van der Waals surface area contributed by atoms with Crippen LogP contribution in [0.4, 0.5) is 0 Å². The normalized spacial score (nSPS) is 21.8. The van der Waals surface area contributed by atoms with Gasteiger partial charge in [0.15, 0.2) is 0 Å². The van der Waals surface area contributed by atoms with Crippen LogP contribution in [0.15, 0.2) is 36.5 Å². The van der Waals surface area contributed by atoms with Gasteiger partial charge in [-0.1, -0.05) is 24.3 Å². The van der Waals surface area contributed by atoms with Crippen LogP contribution in [0.25, 0.3) is 16.5 Å². The molecule has 126 valence electrons. The number of carbonyl (C=O) groups is 1. The van der Waals surface area contributed by atoms with Crippen molar-refractivity contribution in [3.63, 3.8) is 0 Å². The summed E-state index contributed by atoms with van der Waals surface area (Å²) in [5, 5.41) is 4.63. The number of rotatable bonds is 2. The minimum absolute atomic E-state index is 0.168. The van der Waals surface area contributed by atoms with Crippen molar-refractivity contribution in [3.05, 3.63) is 42.1 Å². The molecule has 1 aromatic carbocycles. The molecule has 4 rings (SSSR count). The molecule has 2 heterocycles. The van der Waals surface area contributed by atoms with E-state index in [0.29, 0.717) is 5.91 Å². The van der Waals surface area contributed by atoms with E-state index in [4.69, 9.17) is 0 Å². The number of allylic oxidation sites excluding steroid dienone is 2. The van der Waals surface area contributed by atoms with Gasteiger partial charge in [0, 0.05) is 61.8 Å². The molecule has 1 saturated heterocycles. The van der Waals surface area contributed by atoms with Crippen LogP contribution in [0.1, 0.15) is 24.8 Å². The van der Waals surface area contributed by atoms with Gasteiger partial charge in [0.05, 0.1) is 0 Å².